The molecule has 0 radical (unpaired) electrons. The third kappa shape index (κ3) is 4.77. The second kappa shape index (κ2) is 10.3. The van der Waals surface area contributed by atoms with E-state index < -0.39 is 30.3 Å². The van der Waals surface area contributed by atoms with Crippen LogP contribution in [0.4, 0.5) is 4.79 Å². The van der Waals surface area contributed by atoms with Crippen LogP contribution in [0.15, 0.2) is 48.5 Å². The van der Waals surface area contributed by atoms with Gasteiger partial charge in [0.25, 0.3) is 0 Å². The van der Waals surface area contributed by atoms with E-state index in [1.165, 1.54) is 4.90 Å². The largest absolute Gasteiger partial charge is 0.480 e. The van der Waals surface area contributed by atoms with Gasteiger partial charge in [-0.05, 0) is 35.6 Å². The van der Waals surface area contributed by atoms with E-state index in [2.05, 4.69) is 29.6 Å². The van der Waals surface area contributed by atoms with Crippen LogP contribution in [0.2, 0.25) is 0 Å². The zero-order valence-corrected chi connectivity index (χ0v) is 19.4. The third-order valence-electron chi connectivity index (χ3n) is 6.65. The van der Waals surface area contributed by atoms with Crippen LogP contribution in [0, 0.1) is 0 Å². The Kier molecular flexibility index (Phi) is 7.17. The van der Waals surface area contributed by atoms with E-state index in [4.69, 9.17) is 9.47 Å². The lowest BCUT2D eigenvalue weighted by Crippen LogP contribution is -2.57. The molecule has 0 bridgehead atoms. The molecule has 34 heavy (non-hydrogen) atoms. The highest BCUT2D eigenvalue weighted by Crippen LogP contribution is 2.44. The van der Waals surface area contributed by atoms with E-state index in [1.807, 2.05) is 31.2 Å². The number of aliphatic carboxylic acids is 1. The fourth-order valence-electron chi connectivity index (χ4n) is 4.87. The molecule has 180 valence electrons. The van der Waals surface area contributed by atoms with Gasteiger partial charge in [0.1, 0.15) is 6.61 Å². The summed E-state index contributed by atoms with van der Waals surface area (Å²) >= 11 is 0. The zero-order chi connectivity index (χ0) is 24.2. The first kappa shape index (κ1) is 23.8. The van der Waals surface area contributed by atoms with Crippen LogP contribution in [0.3, 0.4) is 0 Å². The lowest BCUT2D eigenvalue weighted by molar-refractivity contribution is -0.165. The molecule has 2 aromatic rings. The Morgan fingerprint density at radius 2 is 1.74 bits per heavy atom. The molecule has 2 amide bonds. The Morgan fingerprint density at radius 3 is 2.32 bits per heavy atom. The molecule has 2 aliphatic rings. The minimum atomic E-state index is -1.10. The second-order valence-electron chi connectivity index (χ2n) is 8.73. The monoisotopic (exact) mass is 466 g/mol. The predicted molar refractivity (Wildman–Crippen MR) is 125 cm³/mol. The highest BCUT2D eigenvalue weighted by atomic mass is 16.5. The molecular formula is C26H30N2O6. The third-order valence-corrected chi connectivity index (χ3v) is 6.65. The van der Waals surface area contributed by atoms with Gasteiger partial charge in [-0.1, -0.05) is 55.5 Å². The van der Waals surface area contributed by atoms with Crippen LogP contribution < -0.4 is 5.32 Å². The molecular weight excluding hydrogens is 436 g/mol. The summed E-state index contributed by atoms with van der Waals surface area (Å²) in [6.07, 6.45) is -0.679. The molecule has 1 fully saturated rings. The molecule has 2 N–H and O–H groups in total. The Hall–Kier alpha value is -3.39. The van der Waals surface area contributed by atoms with Gasteiger partial charge < -0.3 is 24.8 Å². The van der Waals surface area contributed by atoms with E-state index in [0.717, 1.165) is 22.3 Å². The number of benzene rings is 2. The maximum absolute atomic E-state index is 12.9. The minimum absolute atomic E-state index is 0.00278. The predicted octanol–water partition coefficient (Wildman–Crippen LogP) is 3.39. The molecule has 3 atom stereocenters. The number of fused-ring (bicyclic) bond motifs is 3. The smallest absolute Gasteiger partial charge is 0.407 e. The van der Waals surface area contributed by atoms with Gasteiger partial charge in [-0.2, -0.15) is 0 Å². The number of carbonyl (C=O) groups is 3. The van der Waals surface area contributed by atoms with Crippen LogP contribution in [0.1, 0.15) is 43.7 Å². The quantitative estimate of drug-likeness (QED) is 0.648. The fourth-order valence-corrected chi connectivity index (χ4v) is 4.87. The first-order chi connectivity index (χ1) is 16.4. The Balaban J connectivity index is 1.36. The van der Waals surface area contributed by atoms with Crippen molar-refractivity contribution in [1.29, 1.82) is 0 Å². The molecule has 0 saturated carbocycles. The molecule has 0 aromatic heterocycles. The highest BCUT2D eigenvalue weighted by molar-refractivity contribution is 5.85. The van der Waals surface area contributed by atoms with Gasteiger partial charge in [-0.15, -0.1) is 0 Å². The molecule has 8 nitrogen and oxygen atoms in total. The van der Waals surface area contributed by atoms with Gasteiger partial charge in [0, 0.05) is 24.9 Å². The molecule has 2 unspecified atom stereocenters. The van der Waals surface area contributed by atoms with Crippen LogP contribution in [-0.4, -0.2) is 65.9 Å². The van der Waals surface area contributed by atoms with Crippen molar-refractivity contribution >= 4 is 18.0 Å². The summed E-state index contributed by atoms with van der Waals surface area (Å²) in [5.41, 5.74) is 4.55. The first-order valence-corrected chi connectivity index (χ1v) is 11.7. The summed E-state index contributed by atoms with van der Waals surface area (Å²) < 4.78 is 11.0. The lowest BCUT2D eigenvalue weighted by Gasteiger charge is -2.37. The van der Waals surface area contributed by atoms with Crippen molar-refractivity contribution in [3.63, 3.8) is 0 Å². The Morgan fingerprint density at radius 1 is 1.12 bits per heavy atom. The van der Waals surface area contributed by atoms with Crippen molar-refractivity contribution in [1.82, 2.24) is 10.2 Å². The number of alkyl carbamates (subject to hydrolysis) is 1. The summed E-state index contributed by atoms with van der Waals surface area (Å²) in [5, 5.41) is 12.3. The van der Waals surface area contributed by atoms with Gasteiger partial charge in [0.2, 0.25) is 5.91 Å². The van der Waals surface area contributed by atoms with E-state index in [-0.39, 0.29) is 38.0 Å². The molecule has 1 aliphatic carbocycles. The van der Waals surface area contributed by atoms with Gasteiger partial charge in [-0.25, -0.2) is 9.59 Å². The molecule has 0 spiro atoms. The van der Waals surface area contributed by atoms with E-state index in [1.54, 1.807) is 6.92 Å². The van der Waals surface area contributed by atoms with E-state index >= 15 is 0 Å². The van der Waals surface area contributed by atoms with Gasteiger partial charge in [0.15, 0.2) is 6.04 Å². The topological polar surface area (TPSA) is 105 Å². The van der Waals surface area contributed by atoms with Crippen molar-refractivity contribution in [3.05, 3.63) is 59.7 Å². The Bertz CT molecular complexity index is 1030. The highest BCUT2D eigenvalue weighted by Gasteiger charge is 2.38. The number of carbonyl (C=O) groups excluding carboxylic acids is 2. The van der Waals surface area contributed by atoms with Crippen LogP contribution in [0.5, 0.6) is 0 Å². The van der Waals surface area contributed by atoms with E-state index in [9.17, 15) is 19.5 Å². The van der Waals surface area contributed by atoms with Crippen molar-refractivity contribution in [2.45, 2.75) is 50.8 Å². The standard InChI is InChI=1S/C26H30N2O6/c1-3-17(14-23(29)28-12-13-33-16(2)24(28)25(30)31)27-26(32)34-15-22-20-10-6-4-8-18(20)19-9-5-7-11-21(19)22/h4-11,16-17,22,24H,3,12-15H2,1-2H3,(H,27,32)(H,30,31)/t16?,17-,24?/m1/s1. The van der Waals surface area contributed by atoms with Crippen LogP contribution >= 0.6 is 0 Å². The molecule has 2 aromatic carbocycles. The SMILES string of the molecule is CC[C@H](CC(=O)N1CCOC(C)C1C(=O)O)NC(=O)OCC1c2ccccc2-c2ccccc21. The number of nitrogens with one attached hydrogen (secondary N) is 1. The number of nitrogens with zero attached hydrogens (tertiary/aromatic N) is 1. The molecule has 8 heteroatoms. The molecule has 1 aliphatic heterocycles. The van der Waals surface area contributed by atoms with Crippen LogP contribution in [-0.2, 0) is 19.1 Å². The average Bonchev–Trinajstić information content (AvgIpc) is 3.15. The number of ether oxygens (including phenoxy) is 2. The van der Waals surface area contributed by atoms with Gasteiger partial charge >= 0.3 is 12.1 Å². The van der Waals surface area contributed by atoms with Gasteiger partial charge in [0.05, 0.1) is 12.7 Å². The summed E-state index contributed by atoms with van der Waals surface area (Å²) in [4.78, 5) is 38.4. The summed E-state index contributed by atoms with van der Waals surface area (Å²) in [5.74, 6) is -1.47. The maximum Gasteiger partial charge on any atom is 0.407 e. The maximum atomic E-state index is 12.9. The van der Waals surface area contributed by atoms with E-state index in [0.29, 0.717) is 6.42 Å². The van der Waals surface area contributed by atoms with Crippen LogP contribution in [0.25, 0.3) is 11.1 Å². The minimum Gasteiger partial charge on any atom is -0.480 e. The number of carboxylic acid groups (broad SMARTS) is 1. The number of hydrogen-bond acceptors (Lipinski definition) is 5. The first-order valence-electron chi connectivity index (χ1n) is 11.7. The van der Waals surface area contributed by atoms with Crippen molar-refractivity contribution in [2.75, 3.05) is 19.8 Å². The average molecular weight is 467 g/mol. The molecule has 4 rings (SSSR count). The van der Waals surface area contributed by atoms with Crippen molar-refractivity contribution in [2.24, 2.45) is 0 Å². The number of hydrogen-bond donors (Lipinski definition) is 2. The number of carboxylic acids is 1. The summed E-state index contributed by atoms with van der Waals surface area (Å²) in [7, 11) is 0. The number of morpholine rings is 1. The second-order valence-corrected chi connectivity index (χ2v) is 8.73. The number of rotatable bonds is 7. The normalized spacial score (nSPS) is 20.2. The fraction of sp³-hybridized carbons (Fsp3) is 0.423. The molecule has 1 saturated heterocycles. The van der Waals surface area contributed by atoms with Crippen molar-refractivity contribution in [3.8, 4) is 11.1 Å². The Labute approximate surface area is 198 Å². The number of amides is 2. The summed E-state index contributed by atoms with van der Waals surface area (Å²) in [6.45, 7) is 4.18. The summed E-state index contributed by atoms with van der Waals surface area (Å²) in [6, 6.07) is 14.7. The zero-order valence-electron chi connectivity index (χ0n) is 19.4. The van der Waals surface area contributed by atoms with Crippen molar-refractivity contribution < 1.29 is 29.0 Å². The molecule has 1 heterocycles. The lowest BCUT2D eigenvalue weighted by atomic mass is 9.98. The van der Waals surface area contributed by atoms with Gasteiger partial charge in [-0.3, -0.25) is 4.79 Å².